The molecule has 0 fully saturated rings. The number of aromatic nitrogens is 2. The molecule has 4 rings (SSSR count). The highest BCUT2D eigenvalue weighted by atomic mass is 16.4. The molecule has 2 aromatic carbocycles. The molecule has 0 spiro atoms. The van der Waals surface area contributed by atoms with Gasteiger partial charge in [0.05, 0.1) is 5.69 Å². The SMILES string of the molecule is CC(=O)N[C@H]1C(=O)N(Cc2nnc(-c3ccccc3)o2)c2c(C)ccc(C)c21. The third-order valence-electron chi connectivity index (χ3n) is 4.84. The zero-order valence-electron chi connectivity index (χ0n) is 15.9. The highest BCUT2D eigenvalue weighted by Gasteiger charge is 2.40. The number of rotatable bonds is 4. The van der Waals surface area contributed by atoms with Crippen LogP contribution in [0.2, 0.25) is 0 Å². The topological polar surface area (TPSA) is 88.3 Å². The molecule has 28 heavy (non-hydrogen) atoms. The number of carbonyl (C=O) groups is 2. The number of benzene rings is 2. The van der Waals surface area contributed by atoms with E-state index in [-0.39, 0.29) is 18.4 Å². The van der Waals surface area contributed by atoms with Crippen molar-refractivity contribution in [2.24, 2.45) is 0 Å². The summed E-state index contributed by atoms with van der Waals surface area (Å²) in [5.41, 5.74) is 4.33. The van der Waals surface area contributed by atoms with E-state index in [1.165, 1.54) is 6.92 Å². The minimum Gasteiger partial charge on any atom is -0.419 e. The Labute approximate surface area is 162 Å². The van der Waals surface area contributed by atoms with Crippen LogP contribution >= 0.6 is 0 Å². The minimum atomic E-state index is -0.705. The fourth-order valence-electron chi connectivity index (χ4n) is 3.57. The number of amides is 2. The summed E-state index contributed by atoms with van der Waals surface area (Å²) in [5, 5.41) is 11.0. The highest BCUT2D eigenvalue weighted by Crippen LogP contribution is 2.41. The molecule has 1 aliphatic heterocycles. The maximum Gasteiger partial charge on any atom is 0.254 e. The number of aryl methyl sites for hydroxylation is 2. The molecule has 0 aliphatic carbocycles. The zero-order valence-corrected chi connectivity index (χ0v) is 15.9. The van der Waals surface area contributed by atoms with Crippen LogP contribution in [0, 0.1) is 13.8 Å². The predicted molar refractivity (Wildman–Crippen MR) is 103 cm³/mol. The lowest BCUT2D eigenvalue weighted by Crippen LogP contribution is -2.36. The van der Waals surface area contributed by atoms with Crippen molar-refractivity contribution in [3.63, 3.8) is 0 Å². The molecule has 142 valence electrons. The molecule has 1 aromatic heterocycles. The van der Waals surface area contributed by atoms with E-state index in [9.17, 15) is 9.59 Å². The third-order valence-corrected chi connectivity index (χ3v) is 4.84. The molecule has 0 bridgehead atoms. The average molecular weight is 376 g/mol. The van der Waals surface area contributed by atoms with Gasteiger partial charge in [0.25, 0.3) is 5.91 Å². The van der Waals surface area contributed by atoms with Gasteiger partial charge in [0.1, 0.15) is 12.6 Å². The second-order valence-electron chi connectivity index (χ2n) is 6.89. The lowest BCUT2D eigenvalue weighted by Gasteiger charge is -2.17. The van der Waals surface area contributed by atoms with Gasteiger partial charge in [0, 0.05) is 18.1 Å². The molecule has 3 aromatic rings. The van der Waals surface area contributed by atoms with Gasteiger partial charge >= 0.3 is 0 Å². The first-order chi connectivity index (χ1) is 13.5. The van der Waals surface area contributed by atoms with E-state index in [1.807, 2.05) is 56.3 Å². The Bertz CT molecular complexity index is 1060. The number of hydrogen-bond acceptors (Lipinski definition) is 5. The van der Waals surface area contributed by atoms with Crippen molar-refractivity contribution in [1.82, 2.24) is 15.5 Å². The van der Waals surface area contributed by atoms with Crippen LogP contribution in [0.4, 0.5) is 5.69 Å². The molecule has 1 atom stereocenters. The fourth-order valence-corrected chi connectivity index (χ4v) is 3.57. The molecule has 0 radical (unpaired) electrons. The molecule has 2 heterocycles. The van der Waals surface area contributed by atoms with Gasteiger partial charge in [-0.1, -0.05) is 30.3 Å². The van der Waals surface area contributed by atoms with Crippen LogP contribution in [0.15, 0.2) is 46.9 Å². The Kier molecular flexibility index (Phi) is 4.43. The number of fused-ring (bicyclic) bond motifs is 1. The molecule has 0 saturated carbocycles. The lowest BCUT2D eigenvalue weighted by atomic mass is 9.99. The smallest absolute Gasteiger partial charge is 0.254 e. The van der Waals surface area contributed by atoms with Crippen LogP contribution < -0.4 is 10.2 Å². The van der Waals surface area contributed by atoms with Gasteiger partial charge in [0.15, 0.2) is 0 Å². The van der Waals surface area contributed by atoms with Crippen molar-refractivity contribution in [3.05, 3.63) is 65.0 Å². The summed E-state index contributed by atoms with van der Waals surface area (Å²) in [6.07, 6.45) is 0. The first kappa shape index (κ1) is 17.9. The van der Waals surface area contributed by atoms with E-state index in [0.717, 1.165) is 27.9 Å². The maximum atomic E-state index is 13.1. The molecule has 0 saturated heterocycles. The van der Waals surface area contributed by atoms with Gasteiger partial charge in [-0.3, -0.25) is 9.59 Å². The summed E-state index contributed by atoms with van der Waals surface area (Å²) in [6, 6.07) is 12.7. The van der Waals surface area contributed by atoms with Gasteiger partial charge in [-0.15, -0.1) is 10.2 Å². The summed E-state index contributed by atoms with van der Waals surface area (Å²) >= 11 is 0. The van der Waals surface area contributed by atoms with E-state index in [2.05, 4.69) is 15.5 Å². The summed E-state index contributed by atoms with van der Waals surface area (Å²) in [4.78, 5) is 26.4. The van der Waals surface area contributed by atoms with Crippen LogP contribution in [-0.4, -0.2) is 22.0 Å². The van der Waals surface area contributed by atoms with E-state index in [1.54, 1.807) is 4.90 Å². The number of anilines is 1. The van der Waals surface area contributed by atoms with Crippen molar-refractivity contribution in [1.29, 1.82) is 0 Å². The van der Waals surface area contributed by atoms with Crippen molar-refractivity contribution in [3.8, 4) is 11.5 Å². The molecular weight excluding hydrogens is 356 g/mol. The first-order valence-corrected chi connectivity index (χ1v) is 9.02. The fraction of sp³-hybridized carbons (Fsp3) is 0.238. The molecule has 7 nitrogen and oxygen atoms in total. The van der Waals surface area contributed by atoms with Crippen LogP contribution in [0.1, 0.15) is 35.5 Å². The van der Waals surface area contributed by atoms with Crippen LogP contribution in [-0.2, 0) is 16.1 Å². The van der Waals surface area contributed by atoms with Gasteiger partial charge in [-0.25, -0.2) is 0 Å². The second-order valence-corrected chi connectivity index (χ2v) is 6.89. The monoisotopic (exact) mass is 376 g/mol. The highest BCUT2D eigenvalue weighted by molar-refractivity contribution is 6.07. The Morgan fingerprint density at radius 2 is 1.82 bits per heavy atom. The Morgan fingerprint density at radius 1 is 1.11 bits per heavy atom. The third kappa shape index (κ3) is 3.05. The summed E-state index contributed by atoms with van der Waals surface area (Å²) in [5.74, 6) is 0.280. The summed E-state index contributed by atoms with van der Waals surface area (Å²) in [7, 11) is 0. The Morgan fingerprint density at radius 3 is 2.54 bits per heavy atom. The second kappa shape index (κ2) is 6.92. The van der Waals surface area contributed by atoms with Crippen LogP contribution in [0.25, 0.3) is 11.5 Å². The largest absolute Gasteiger partial charge is 0.419 e. The van der Waals surface area contributed by atoms with Crippen molar-refractivity contribution in [2.45, 2.75) is 33.4 Å². The summed E-state index contributed by atoms with van der Waals surface area (Å²) in [6.45, 7) is 5.43. The van der Waals surface area contributed by atoms with Crippen molar-refractivity contribution in [2.75, 3.05) is 4.90 Å². The van der Waals surface area contributed by atoms with E-state index in [4.69, 9.17) is 4.42 Å². The zero-order chi connectivity index (χ0) is 19.8. The number of hydrogen-bond donors (Lipinski definition) is 1. The molecule has 2 amide bonds. The number of nitrogens with one attached hydrogen (secondary N) is 1. The van der Waals surface area contributed by atoms with Gasteiger partial charge in [-0.2, -0.15) is 0 Å². The summed E-state index contributed by atoms with van der Waals surface area (Å²) < 4.78 is 5.78. The molecule has 7 heteroatoms. The number of carbonyl (C=O) groups excluding carboxylic acids is 2. The van der Waals surface area contributed by atoms with Crippen LogP contribution in [0.3, 0.4) is 0 Å². The van der Waals surface area contributed by atoms with E-state index in [0.29, 0.717) is 11.8 Å². The Balaban J connectivity index is 1.69. The standard InChI is InChI=1S/C21H20N4O3/c1-12-9-10-13(2)19-17(12)18(22-14(3)26)21(27)25(19)11-16-23-24-20(28-16)15-7-5-4-6-8-15/h4-10,18H,11H2,1-3H3,(H,22,26)/t18-/m1/s1. The van der Waals surface area contributed by atoms with Crippen molar-refractivity contribution >= 4 is 17.5 Å². The quantitative estimate of drug-likeness (QED) is 0.756. The van der Waals surface area contributed by atoms with Crippen molar-refractivity contribution < 1.29 is 14.0 Å². The lowest BCUT2D eigenvalue weighted by molar-refractivity contribution is -0.126. The van der Waals surface area contributed by atoms with E-state index >= 15 is 0 Å². The molecule has 1 N–H and O–H groups in total. The Hall–Kier alpha value is -3.48. The molecule has 1 aliphatic rings. The van der Waals surface area contributed by atoms with Gasteiger partial charge < -0.3 is 14.6 Å². The number of nitrogens with zero attached hydrogens (tertiary/aromatic N) is 3. The van der Waals surface area contributed by atoms with Gasteiger partial charge in [-0.05, 0) is 37.1 Å². The normalized spacial score (nSPS) is 15.6. The van der Waals surface area contributed by atoms with Crippen LogP contribution in [0.5, 0.6) is 0 Å². The minimum absolute atomic E-state index is 0.145. The van der Waals surface area contributed by atoms with Gasteiger partial charge in [0.2, 0.25) is 17.7 Å². The first-order valence-electron chi connectivity index (χ1n) is 9.02. The predicted octanol–water partition coefficient (Wildman–Crippen LogP) is 3.08. The van der Waals surface area contributed by atoms with E-state index < -0.39 is 6.04 Å². The molecular formula is C21H20N4O3. The average Bonchev–Trinajstić information content (AvgIpc) is 3.25. The maximum absolute atomic E-state index is 13.1. The molecule has 0 unspecified atom stereocenters.